The Kier molecular flexibility index (Phi) is 4.87. The molecule has 6 heterocycles. The lowest BCUT2D eigenvalue weighted by Crippen LogP contribution is -2.55. The van der Waals surface area contributed by atoms with Gasteiger partial charge in [0, 0.05) is 44.0 Å². The van der Waals surface area contributed by atoms with Crippen LogP contribution in [0.2, 0.25) is 0 Å². The number of pyridine rings is 1. The molecular formula is C25H34N6. The molecule has 5 aliphatic rings. The van der Waals surface area contributed by atoms with Crippen LogP contribution in [0, 0.1) is 6.92 Å². The molecule has 1 aromatic heterocycles. The predicted molar refractivity (Wildman–Crippen MR) is 124 cm³/mol. The third kappa shape index (κ3) is 3.40. The second-order valence-electron chi connectivity index (χ2n) is 10.0. The van der Waals surface area contributed by atoms with Crippen LogP contribution in [-0.2, 0) is 0 Å². The summed E-state index contributed by atoms with van der Waals surface area (Å²) in [6, 6.07) is 6.56. The Morgan fingerprint density at radius 3 is 2.71 bits per heavy atom. The topological polar surface area (TPSA) is 47.0 Å². The quantitative estimate of drug-likeness (QED) is 0.818. The average molecular weight is 419 g/mol. The van der Waals surface area contributed by atoms with Gasteiger partial charge in [-0.25, -0.2) is 0 Å². The predicted octanol–water partition coefficient (Wildman–Crippen LogP) is 2.85. The van der Waals surface area contributed by atoms with Crippen molar-refractivity contribution in [1.29, 1.82) is 0 Å². The molecule has 0 aromatic carbocycles. The first-order valence-electron chi connectivity index (χ1n) is 12.1. The summed E-state index contributed by atoms with van der Waals surface area (Å²) in [5.74, 6) is 2.54. The van der Waals surface area contributed by atoms with Crippen molar-refractivity contribution in [1.82, 2.24) is 25.0 Å². The van der Waals surface area contributed by atoms with Gasteiger partial charge in [0.05, 0.1) is 17.8 Å². The van der Waals surface area contributed by atoms with Crippen molar-refractivity contribution < 1.29 is 0 Å². The van der Waals surface area contributed by atoms with Gasteiger partial charge in [0.25, 0.3) is 0 Å². The maximum Gasteiger partial charge on any atom is 0.129 e. The molecule has 2 bridgehead atoms. The van der Waals surface area contributed by atoms with Gasteiger partial charge in [-0.05, 0) is 69.9 Å². The Labute approximate surface area is 185 Å². The summed E-state index contributed by atoms with van der Waals surface area (Å²) < 4.78 is 0. The minimum Gasteiger partial charge on any atom is -0.349 e. The van der Waals surface area contributed by atoms with Crippen LogP contribution >= 0.6 is 0 Å². The number of allylic oxidation sites excluding steroid dienone is 2. The molecule has 1 N–H and O–H groups in total. The van der Waals surface area contributed by atoms with Gasteiger partial charge in [-0.2, -0.15) is 0 Å². The number of amidine groups is 1. The van der Waals surface area contributed by atoms with E-state index in [1.807, 2.05) is 12.3 Å². The Morgan fingerprint density at radius 2 is 1.90 bits per heavy atom. The highest BCUT2D eigenvalue weighted by atomic mass is 15.4. The van der Waals surface area contributed by atoms with Gasteiger partial charge >= 0.3 is 0 Å². The van der Waals surface area contributed by atoms with Gasteiger partial charge in [0.15, 0.2) is 0 Å². The Balaban J connectivity index is 1.19. The fourth-order valence-corrected chi connectivity index (χ4v) is 6.49. The van der Waals surface area contributed by atoms with Crippen LogP contribution in [0.15, 0.2) is 47.4 Å². The van der Waals surface area contributed by atoms with Crippen molar-refractivity contribution in [2.45, 2.75) is 69.2 Å². The summed E-state index contributed by atoms with van der Waals surface area (Å²) in [7, 11) is 2.27. The van der Waals surface area contributed by atoms with E-state index in [4.69, 9.17) is 9.98 Å². The number of nitrogens with zero attached hydrogens (tertiary/aromatic N) is 5. The number of rotatable bonds is 3. The molecule has 6 rings (SSSR count). The first kappa shape index (κ1) is 19.5. The lowest BCUT2D eigenvalue weighted by molar-refractivity contribution is 0.0914. The third-order valence-corrected chi connectivity index (χ3v) is 7.91. The molecule has 0 radical (unpaired) electrons. The molecule has 0 aliphatic carbocycles. The van der Waals surface area contributed by atoms with Crippen molar-refractivity contribution >= 4 is 5.84 Å². The van der Waals surface area contributed by atoms with Gasteiger partial charge in [0.2, 0.25) is 0 Å². The van der Waals surface area contributed by atoms with E-state index in [9.17, 15) is 0 Å². The molecule has 5 atom stereocenters. The molecule has 0 amide bonds. The number of hydrogen-bond acceptors (Lipinski definition) is 6. The van der Waals surface area contributed by atoms with Crippen molar-refractivity contribution in [2.24, 2.45) is 4.99 Å². The molecule has 3 unspecified atom stereocenters. The van der Waals surface area contributed by atoms with E-state index in [2.05, 4.69) is 58.3 Å². The van der Waals surface area contributed by atoms with Gasteiger partial charge in [-0.15, -0.1) is 0 Å². The highest BCUT2D eigenvalue weighted by Gasteiger charge is 2.44. The molecule has 3 fully saturated rings. The van der Waals surface area contributed by atoms with Gasteiger partial charge in [-0.1, -0.05) is 12.1 Å². The second kappa shape index (κ2) is 7.75. The highest BCUT2D eigenvalue weighted by molar-refractivity contribution is 5.97. The molecule has 5 aliphatic heterocycles. The third-order valence-electron chi connectivity index (χ3n) is 7.91. The fraction of sp³-hybridized carbons (Fsp3) is 0.600. The summed E-state index contributed by atoms with van der Waals surface area (Å²) in [5, 5.41) is 3.93. The van der Waals surface area contributed by atoms with Crippen LogP contribution in [0.1, 0.15) is 49.4 Å². The summed E-state index contributed by atoms with van der Waals surface area (Å²) in [4.78, 5) is 17.6. The smallest absolute Gasteiger partial charge is 0.129 e. The van der Waals surface area contributed by atoms with Crippen LogP contribution in [0.5, 0.6) is 0 Å². The van der Waals surface area contributed by atoms with E-state index in [1.165, 1.54) is 55.9 Å². The standard InChI is InChI=1S/C25H34N6/c1-17-6-5-13-26-25(17)21-8-3-7-20(27-21)22-16-30-23(28-22)9-4-10-24(30)31-18-11-12-19(31)15-29(2)14-18/h4-6,9-10,13,18-22,27H,3,7-8,11-12,14-16H2,1-2H3/t18?,19?,20-,21+,22?/m1/s1. The molecule has 6 heteroatoms. The number of likely N-dealkylation sites (N-methyl/N-ethyl adjacent to an activating group) is 1. The Bertz CT molecular complexity index is 922. The second-order valence-corrected chi connectivity index (χ2v) is 10.0. The molecule has 3 saturated heterocycles. The van der Waals surface area contributed by atoms with E-state index < -0.39 is 0 Å². The number of fused-ring (bicyclic) bond motifs is 3. The maximum atomic E-state index is 5.21. The van der Waals surface area contributed by atoms with E-state index in [0.29, 0.717) is 30.2 Å². The lowest BCUT2D eigenvalue weighted by atomic mass is 9.91. The van der Waals surface area contributed by atoms with Gasteiger partial charge < -0.3 is 20.0 Å². The van der Waals surface area contributed by atoms with Gasteiger partial charge in [0.1, 0.15) is 11.7 Å². The first-order valence-corrected chi connectivity index (χ1v) is 12.1. The first-order chi connectivity index (χ1) is 15.2. The molecule has 164 valence electrons. The molecular weight excluding hydrogens is 384 g/mol. The van der Waals surface area contributed by atoms with E-state index in [0.717, 1.165) is 18.8 Å². The van der Waals surface area contributed by atoms with Gasteiger partial charge in [-0.3, -0.25) is 9.98 Å². The number of aliphatic imine (C=N–C) groups is 1. The van der Waals surface area contributed by atoms with E-state index in [1.54, 1.807) is 0 Å². The van der Waals surface area contributed by atoms with Crippen LogP contribution < -0.4 is 5.32 Å². The number of piperidine rings is 1. The minimum atomic E-state index is 0.304. The number of likely N-dealkylation sites (tertiary alicyclic amines) is 1. The molecule has 1 aromatic rings. The number of nitrogens with one attached hydrogen (secondary N) is 1. The number of piperazine rings is 1. The normalized spacial score (nSPS) is 35.2. The summed E-state index contributed by atoms with van der Waals surface area (Å²) in [6.07, 6.45) is 14.9. The number of hydrogen-bond donors (Lipinski definition) is 1. The van der Waals surface area contributed by atoms with Crippen molar-refractivity contribution in [3.63, 3.8) is 0 Å². The maximum absolute atomic E-state index is 5.21. The average Bonchev–Trinajstić information content (AvgIpc) is 3.33. The molecule has 6 nitrogen and oxygen atoms in total. The molecule has 0 spiro atoms. The van der Waals surface area contributed by atoms with Crippen LogP contribution in [0.4, 0.5) is 0 Å². The Morgan fingerprint density at radius 1 is 1.06 bits per heavy atom. The SMILES string of the molecule is Cc1cccnc1[C@@H]1CCC[C@H](C2CN3C(N4C5CCC4CN(C)C5)=CC=CC3=N2)N1. The van der Waals surface area contributed by atoms with Crippen LogP contribution in [-0.4, -0.2) is 76.4 Å². The number of aryl methyl sites for hydroxylation is 1. The molecule has 0 saturated carbocycles. The minimum absolute atomic E-state index is 0.304. The van der Waals surface area contributed by atoms with Crippen molar-refractivity contribution in [2.75, 3.05) is 26.7 Å². The van der Waals surface area contributed by atoms with Crippen LogP contribution in [0.25, 0.3) is 0 Å². The van der Waals surface area contributed by atoms with E-state index in [-0.39, 0.29) is 0 Å². The zero-order valence-corrected chi connectivity index (χ0v) is 18.7. The molecule has 31 heavy (non-hydrogen) atoms. The largest absolute Gasteiger partial charge is 0.349 e. The van der Waals surface area contributed by atoms with Crippen LogP contribution in [0.3, 0.4) is 0 Å². The monoisotopic (exact) mass is 418 g/mol. The zero-order chi connectivity index (χ0) is 20.9. The fourth-order valence-electron chi connectivity index (χ4n) is 6.49. The summed E-state index contributed by atoms with van der Waals surface area (Å²) >= 11 is 0. The summed E-state index contributed by atoms with van der Waals surface area (Å²) in [5.41, 5.74) is 2.50. The van der Waals surface area contributed by atoms with Crippen molar-refractivity contribution in [3.05, 3.63) is 53.6 Å². The van der Waals surface area contributed by atoms with Crippen molar-refractivity contribution in [3.8, 4) is 0 Å². The zero-order valence-electron chi connectivity index (χ0n) is 18.7. The highest BCUT2D eigenvalue weighted by Crippen LogP contribution is 2.37. The van der Waals surface area contributed by atoms with E-state index >= 15 is 0 Å². The number of aromatic nitrogens is 1. The Hall–Kier alpha value is -2.18. The summed E-state index contributed by atoms with van der Waals surface area (Å²) in [6.45, 7) is 5.52. The lowest BCUT2D eigenvalue weighted by Gasteiger charge is -2.45.